The highest BCUT2D eigenvalue weighted by Crippen LogP contribution is 2.20. The molecule has 2 rings (SSSR count). The van der Waals surface area contributed by atoms with E-state index in [-0.39, 0.29) is 6.04 Å². The largest absolute Gasteiger partial charge is 0.309 e. The molecule has 98 valence electrons. The number of likely N-dealkylation sites (N-methyl/N-ethyl adjacent to an activating group) is 1. The predicted octanol–water partition coefficient (Wildman–Crippen LogP) is 2.56. The van der Waals surface area contributed by atoms with E-state index in [1.165, 1.54) is 5.56 Å². The van der Waals surface area contributed by atoms with Gasteiger partial charge in [-0.2, -0.15) is 5.10 Å². The average Bonchev–Trinajstić information content (AvgIpc) is 2.97. The van der Waals surface area contributed by atoms with Crippen LogP contribution in [0.1, 0.15) is 36.2 Å². The third kappa shape index (κ3) is 3.17. The van der Waals surface area contributed by atoms with E-state index in [2.05, 4.69) is 40.8 Å². The van der Waals surface area contributed by atoms with E-state index in [1.807, 2.05) is 17.8 Å². The molecule has 1 atom stereocenters. The van der Waals surface area contributed by atoms with Gasteiger partial charge < -0.3 is 5.32 Å². The molecule has 0 bridgehead atoms. The summed E-state index contributed by atoms with van der Waals surface area (Å²) in [5.41, 5.74) is 2.40. The lowest BCUT2D eigenvalue weighted by atomic mass is 10.1. The van der Waals surface area contributed by atoms with Crippen molar-refractivity contribution in [1.82, 2.24) is 20.1 Å². The van der Waals surface area contributed by atoms with E-state index < -0.39 is 0 Å². The summed E-state index contributed by atoms with van der Waals surface area (Å²) in [5, 5.41) is 11.1. The fraction of sp³-hybridized carbons (Fsp3) is 0.538. The van der Waals surface area contributed by atoms with E-state index in [0.717, 1.165) is 30.2 Å². The standard InChI is InChI=1S/C13H20N4S/c1-4-14-12(13-9-18-10(3)16-13)6-11-7-15-17(5-2)8-11/h7-9,12,14H,4-6H2,1-3H3. The summed E-state index contributed by atoms with van der Waals surface area (Å²) in [4.78, 5) is 4.58. The maximum atomic E-state index is 4.58. The number of nitrogens with zero attached hydrogens (tertiary/aromatic N) is 3. The Bertz CT molecular complexity index is 489. The van der Waals surface area contributed by atoms with Gasteiger partial charge in [-0.25, -0.2) is 4.98 Å². The van der Waals surface area contributed by atoms with Gasteiger partial charge in [0, 0.05) is 18.1 Å². The lowest BCUT2D eigenvalue weighted by Crippen LogP contribution is -2.23. The molecule has 2 aromatic heterocycles. The first kappa shape index (κ1) is 13.2. The highest BCUT2D eigenvalue weighted by Gasteiger charge is 2.14. The zero-order valence-corrected chi connectivity index (χ0v) is 12.0. The van der Waals surface area contributed by atoms with Crippen LogP contribution in [-0.4, -0.2) is 21.3 Å². The SMILES string of the molecule is CCNC(Cc1cnn(CC)c1)c1csc(C)n1. The van der Waals surface area contributed by atoms with Crippen molar-refractivity contribution in [3.8, 4) is 0 Å². The molecular formula is C13H20N4S. The monoisotopic (exact) mass is 264 g/mol. The molecule has 2 heterocycles. The van der Waals surface area contributed by atoms with Gasteiger partial charge >= 0.3 is 0 Å². The second-order valence-corrected chi connectivity index (χ2v) is 5.37. The molecule has 2 aromatic rings. The molecule has 5 heteroatoms. The summed E-state index contributed by atoms with van der Waals surface area (Å²) < 4.78 is 1.96. The van der Waals surface area contributed by atoms with Gasteiger partial charge in [0.05, 0.1) is 22.9 Å². The molecule has 18 heavy (non-hydrogen) atoms. The Labute approximate surface area is 112 Å². The van der Waals surface area contributed by atoms with Crippen LogP contribution in [0.2, 0.25) is 0 Å². The zero-order chi connectivity index (χ0) is 13.0. The maximum Gasteiger partial charge on any atom is 0.0898 e. The first-order valence-corrected chi connectivity index (χ1v) is 7.27. The first-order valence-electron chi connectivity index (χ1n) is 6.39. The smallest absolute Gasteiger partial charge is 0.0898 e. The minimum atomic E-state index is 0.287. The minimum absolute atomic E-state index is 0.287. The van der Waals surface area contributed by atoms with Gasteiger partial charge in [0.15, 0.2) is 0 Å². The van der Waals surface area contributed by atoms with E-state index in [0.29, 0.717) is 0 Å². The molecule has 1 unspecified atom stereocenters. The van der Waals surface area contributed by atoms with Gasteiger partial charge in [-0.3, -0.25) is 4.68 Å². The molecule has 0 radical (unpaired) electrons. The Hall–Kier alpha value is -1.20. The molecule has 0 spiro atoms. The van der Waals surface area contributed by atoms with E-state index in [1.54, 1.807) is 11.3 Å². The molecule has 0 saturated heterocycles. The van der Waals surface area contributed by atoms with Gasteiger partial charge in [0.25, 0.3) is 0 Å². The summed E-state index contributed by atoms with van der Waals surface area (Å²) in [6, 6.07) is 0.287. The van der Waals surface area contributed by atoms with Crippen molar-refractivity contribution in [3.05, 3.63) is 34.0 Å². The van der Waals surface area contributed by atoms with Gasteiger partial charge in [-0.05, 0) is 32.4 Å². The number of aryl methyl sites for hydroxylation is 2. The Balaban J connectivity index is 2.10. The number of rotatable bonds is 6. The Morgan fingerprint density at radius 3 is 2.83 bits per heavy atom. The van der Waals surface area contributed by atoms with Crippen LogP contribution in [-0.2, 0) is 13.0 Å². The molecule has 4 nitrogen and oxygen atoms in total. The molecule has 0 aliphatic heterocycles. The summed E-state index contributed by atoms with van der Waals surface area (Å²) in [7, 11) is 0. The highest BCUT2D eigenvalue weighted by molar-refractivity contribution is 7.09. The number of thiazole rings is 1. The fourth-order valence-corrected chi connectivity index (χ4v) is 2.65. The van der Waals surface area contributed by atoms with E-state index in [4.69, 9.17) is 0 Å². The van der Waals surface area contributed by atoms with E-state index in [9.17, 15) is 0 Å². The van der Waals surface area contributed by atoms with Gasteiger partial charge in [0.1, 0.15) is 0 Å². The third-order valence-corrected chi connectivity index (χ3v) is 3.69. The molecular weight excluding hydrogens is 244 g/mol. The molecule has 0 aliphatic carbocycles. The van der Waals surface area contributed by atoms with Crippen molar-refractivity contribution < 1.29 is 0 Å². The van der Waals surface area contributed by atoms with Crippen LogP contribution in [0.3, 0.4) is 0 Å². The molecule has 0 aromatic carbocycles. The van der Waals surface area contributed by atoms with Crippen molar-refractivity contribution in [3.63, 3.8) is 0 Å². The maximum absolute atomic E-state index is 4.58. The predicted molar refractivity (Wildman–Crippen MR) is 74.9 cm³/mol. The average molecular weight is 264 g/mol. The van der Waals surface area contributed by atoms with Crippen molar-refractivity contribution in [2.45, 2.75) is 39.8 Å². The summed E-state index contributed by atoms with van der Waals surface area (Å²) in [5.74, 6) is 0. The summed E-state index contributed by atoms with van der Waals surface area (Å²) in [6.07, 6.45) is 5.01. The van der Waals surface area contributed by atoms with E-state index >= 15 is 0 Å². The lowest BCUT2D eigenvalue weighted by molar-refractivity contribution is 0.538. The van der Waals surface area contributed by atoms with Crippen LogP contribution in [0.5, 0.6) is 0 Å². The normalized spacial score (nSPS) is 12.8. The molecule has 0 aliphatic rings. The van der Waals surface area contributed by atoms with Gasteiger partial charge in [-0.15, -0.1) is 11.3 Å². The van der Waals surface area contributed by atoms with Crippen LogP contribution in [0, 0.1) is 6.92 Å². The van der Waals surface area contributed by atoms with Crippen LogP contribution in [0.25, 0.3) is 0 Å². The van der Waals surface area contributed by atoms with Crippen molar-refractivity contribution in [2.24, 2.45) is 0 Å². The van der Waals surface area contributed by atoms with Crippen molar-refractivity contribution >= 4 is 11.3 Å². The number of aromatic nitrogens is 3. The van der Waals surface area contributed by atoms with Crippen LogP contribution in [0.15, 0.2) is 17.8 Å². The quantitative estimate of drug-likeness (QED) is 0.872. The van der Waals surface area contributed by atoms with Gasteiger partial charge in [-0.1, -0.05) is 6.92 Å². The molecule has 0 fully saturated rings. The van der Waals surface area contributed by atoms with Crippen LogP contribution in [0.4, 0.5) is 0 Å². The second kappa shape index (κ2) is 6.11. The van der Waals surface area contributed by atoms with Crippen LogP contribution < -0.4 is 5.32 Å². The lowest BCUT2D eigenvalue weighted by Gasteiger charge is -2.14. The molecule has 0 amide bonds. The Kier molecular flexibility index (Phi) is 4.49. The fourth-order valence-electron chi connectivity index (χ4n) is 1.99. The summed E-state index contributed by atoms with van der Waals surface area (Å²) in [6.45, 7) is 8.14. The first-order chi connectivity index (χ1) is 8.72. The Morgan fingerprint density at radius 1 is 1.44 bits per heavy atom. The number of hydrogen-bond donors (Lipinski definition) is 1. The summed E-state index contributed by atoms with van der Waals surface area (Å²) >= 11 is 1.71. The highest BCUT2D eigenvalue weighted by atomic mass is 32.1. The van der Waals surface area contributed by atoms with Gasteiger partial charge in [0.2, 0.25) is 0 Å². The molecule has 0 saturated carbocycles. The second-order valence-electron chi connectivity index (χ2n) is 4.31. The van der Waals surface area contributed by atoms with Crippen LogP contribution >= 0.6 is 11.3 Å². The zero-order valence-electron chi connectivity index (χ0n) is 11.2. The Morgan fingerprint density at radius 2 is 2.28 bits per heavy atom. The number of hydrogen-bond acceptors (Lipinski definition) is 4. The number of nitrogens with one attached hydrogen (secondary N) is 1. The minimum Gasteiger partial charge on any atom is -0.309 e. The topological polar surface area (TPSA) is 42.7 Å². The van der Waals surface area contributed by atoms with Crippen molar-refractivity contribution in [2.75, 3.05) is 6.54 Å². The molecule has 1 N–H and O–H groups in total. The van der Waals surface area contributed by atoms with Crippen molar-refractivity contribution in [1.29, 1.82) is 0 Å². The third-order valence-electron chi connectivity index (χ3n) is 2.89.